The van der Waals surface area contributed by atoms with Gasteiger partial charge < -0.3 is 10.1 Å². The third-order valence-electron chi connectivity index (χ3n) is 4.76. The SMILES string of the molecule is O=C(NCC(c1ccccc1Cl)N1CCOCC1)C1(Br)CCC1. The molecular weight excluding hydrogens is 380 g/mol. The van der Waals surface area contributed by atoms with E-state index in [0.717, 1.165) is 56.2 Å². The zero-order valence-corrected chi connectivity index (χ0v) is 15.4. The number of hydrogen-bond acceptors (Lipinski definition) is 3. The minimum absolute atomic E-state index is 0.0766. The molecule has 1 aliphatic carbocycles. The first-order valence-corrected chi connectivity index (χ1v) is 9.31. The fourth-order valence-electron chi connectivity index (χ4n) is 3.13. The minimum Gasteiger partial charge on any atom is -0.379 e. The van der Waals surface area contributed by atoms with Crippen LogP contribution < -0.4 is 5.32 Å². The van der Waals surface area contributed by atoms with Crippen LogP contribution in [0.3, 0.4) is 0 Å². The summed E-state index contributed by atoms with van der Waals surface area (Å²) >= 11 is 9.98. The first kappa shape index (κ1) is 17.2. The number of nitrogens with one attached hydrogen (secondary N) is 1. The monoisotopic (exact) mass is 400 g/mol. The van der Waals surface area contributed by atoms with Crippen LogP contribution >= 0.6 is 27.5 Å². The molecule has 1 unspecified atom stereocenters. The summed E-state index contributed by atoms with van der Waals surface area (Å²) in [5, 5.41) is 3.87. The molecule has 1 heterocycles. The van der Waals surface area contributed by atoms with E-state index in [1.165, 1.54) is 0 Å². The second kappa shape index (κ2) is 7.51. The highest BCUT2D eigenvalue weighted by atomic mass is 79.9. The van der Waals surface area contributed by atoms with Gasteiger partial charge in [0.05, 0.1) is 19.3 Å². The van der Waals surface area contributed by atoms with Crippen LogP contribution in [0.5, 0.6) is 0 Å². The Labute approximate surface area is 150 Å². The third kappa shape index (κ3) is 3.90. The van der Waals surface area contributed by atoms with Gasteiger partial charge in [0.2, 0.25) is 5.91 Å². The lowest BCUT2D eigenvalue weighted by molar-refractivity contribution is -0.125. The molecule has 0 spiro atoms. The molecule has 4 nitrogen and oxygen atoms in total. The lowest BCUT2D eigenvalue weighted by Gasteiger charge is -2.38. The molecule has 0 bridgehead atoms. The lowest BCUT2D eigenvalue weighted by atomic mass is 9.84. The van der Waals surface area contributed by atoms with Crippen molar-refractivity contribution >= 4 is 33.4 Å². The van der Waals surface area contributed by atoms with Crippen LogP contribution in [0.25, 0.3) is 0 Å². The molecular formula is C17H22BrClN2O2. The average Bonchev–Trinajstić information content (AvgIpc) is 2.55. The Morgan fingerprint density at radius 3 is 2.65 bits per heavy atom. The van der Waals surface area contributed by atoms with Gasteiger partial charge in [0.15, 0.2) is 0 Å². The number of carbonyl (C=O) groups excluding carboxylic acids is 1. The highest BCUT2D eigenvalue weighted by Crippen LogP contribution is 2.40. The molecule has 2 fully saturated rings. The molecule has 6 heteroatoms. The van der Waals surface area contributed by atoms with E-state index < -0.39 is 0 Å². The van der Waals surface area contributed by atoms with Crippen LogP contribution in [-0.4, -0.2) is 48.0 Å². The molecule has 1 saturated heterocycles. The van der Waals surface area contributed by atoms with Gasteiger partial charge in [0, 0.05) is 24.7 Å². The summed E-state index contributed by atoms with van der Waals surface area (Å²) in [5.74, 6) is 0.0917. The van der Waals surface area contributed by atoms with E-state index in [2.05, 4.69) is 26.1 Å². The summed E-state index contributed by atoms with van der Waals surface area (Å²) in [6.45, 7) is 3.71. The summed E-state index contributed by atoms with van der Waals surface area (Å²) in [5.41, 5.74) is 1.06. The first-order chi connectivity index (χ1) is 11.1. The van der Waals surface area contributed by atoms with Crippen molar-refractivity contribution in [3.63, 3.8) is 0 Å². The van der Waals surface area contributed by atoms with Gasteiger partial charge in [-0.3, -0.25) is 9.69 Å². The predicted octanol–water partition coefficient (Wildman–Crippen LogP) is 3.15. The maximum absolute atomic E-state index is 12.4. The fraction of sp³-hybridized carbons (Fsp3) is 0.588. The third-order valence-corrected chi connectivity index (χ3v) is 6.26. The van der Waals surface area contributed by atoms with Crippen molar-refractivity contribution < 1.29 is 9.53 Å². The zero-order chi connectivity index (χ0) is 16.3. The van der Waals surface area contributed by atoms with Crippen molar-refractivity contribution in [2.75, 3.05) is 32.8 Å². The maximum Gasteiger partial charge on any atom is 0.236 e. The van der Waals surface area contributed by atoms with E-state index >= 15 is 0 Å². The van der Waals surface area contributed by atoms with Crippen molar-refractivity contribution in [2.24, 2.45) is 0 Å². The quantitative estimate of drug-likeness (QED) is 0.771. The van der Waals surface area contributed by atoms with Gasteiger partial charge >= 0.3 is 0 Å². The van der Waals surface area contributed by atoms with Gasteiger partial charge in [-0.25, -0.2) is 0 Å². The molecule has 0 radical (unpaired) electrons. The highest BCUT2D eigenvalue weighted by molar-refractivity contribution is 9.10. The molecule has 1 aliphatic heterocycles. The van der Waals surface area contributed by atoms with Crippen LogP contribution in [-0.2, 0) is 9.53 Å². The molecule has 1 saturated carbocycles. The predicted molar refractivity (Wildman–Crippen MR) is 95.1 cm³/mol. The number of benzene rings is 1. The smallest absolute Gasteiger partial charge is 0.236 e. The van der Waals surface area contributed by atoms with Gasteiger partial charge in [-0.1, -0.05) is 45.7 Å². The largest absolute Gasteiger partial charge is 0.379 e. The first-order valence-electron chi connectivity index (χ1n) is 8.14. The summed E-state index contributed by atoms with van der Waals surface area (Å²) in [6.07, 6.45) is 2.93. The molecule has 1 amide bonds. The second-order valence-electron chi connectivity index (χ2n) is 6.21. The number of nitrogens with zero attached hydrogens (tertiary/aromatic N) is 1. The maximum atomic E-state index is 12.4. The Morgan fingerprint density at radius 2 is 2.04 bits per heavy atom. The van der Waals surface area contributed by atoms with Gasteiger partial charge in [-0.2, -0.15) is 0 Å². The van der Waals surface area contributed by atoms with E-state index in [-0.39, 0.29) is 16.3 Å². The van der Waals surface area contributed by atoms with Crippen LogP contribution in [0.4, 0.5) is 0 Å². The number of halogens is 2. The normalized spacial score (nSPS) is 22.2. The molecule has 1 aromatic carbocycles. The van der Waals surface area contributed by atoms with Crippen molar-refractivity contribution in [3.05, 3.63) is 34.9 Å². The Balaban J connectivity index is 1.72. The Hall–Kier alpha value is -0.620. The minimum atomic E-state index is -0.358. The van der Waals surface area contributed by atoms with E-state index in [1.54, 1.807) is 0 Å². The van der Waals surface area contributed by atoms with E-state index in [1.807, 2.05) is 24.3 Å². The molecule has 126 valence electrons. The number of rotatable bonds is 5. The number of carbonyl (C=O) groups is 1. The second-order valence-corrected chi connectivity index (χ2v) is 8.14. The topological polar surface area (TPSA) is 41.6 Å². The average molecular weight is 402 g/mol. The Bertz CT molecular complexity index is 559. The molecule has 1 atom stereocenters. The molecule has 2 aliphatic rings. The zero-order valence-electron chi connectivity index (χ0n) is 13.1. The number of ether oxygens (including phenoxy) is 1. The summed E-state index contributed by atoms with van der Waals surface area (Å²) in [4.78, 5) is 14.8. The molecule has 0 aromatic heterocycles. The Kier molecular flexibility index (Phi) is 5.62. The lowest BCUT2D eigenvalue weighted by Crippen LogP contribution is -2.50. The van der Waals surface area contributed by atoms with Crippen molar-refractivity contribution in [3.8, 4) is 0 Å². The Morgan fingerprint density at radius 1 is 1.35 bits per heavy atom. The highest BCUT2D eigenvalue weighted by Gasteiger charge is 2.41. The van der Waals surface area contributed by atoms with Crippen molar-refractivity contribution in [1.82, 2.24) is 10.2 Å². The van der Waals surface area contributed by atoms with E-state index in [0.29, 0.717) is 6.54 Å². The van der Waals surface area contributed by atoms with Gasteiger partial charge in [-0.05, 0) is 30.9 Å². The van der Waals surface area contributed by atoms with Crippen molar-refractivity contribution in [1.29, 1.82) is 0 Å². The van der Waals surface area contributed by atoms with Gasteiger partial charge in [0.25, 0.3) is 0 Å². The van der Waals surface area contributed by atoms with Gasteiger partial charge in [-0.15, -0.1) is 0 Å². The molecule has 1 aromatic rings. The number of hydrogen-bond donors (Lipinski definition) is 1. The number of amides is 1. The summed E-state index contributed by atoms with van der Waals surface area (Å²) in [7, 11) is 0. The molecule has 3 rings (SSSR count). The van der Waals surface area contributed by atoms with Crippen LogP contribution in [0, 0.1) is 0 Å². The fourth-order valence-corrected chi connectivity index (χ4v) is 4.09. The molecule has 23 heavy (non-hydrogen) atoms. The number of morpholine rings is 1. The van der Waals surface area contributed by atoms with Crippen LogP contribution in [0.1, 0.15) is 30.9 Å². The van der Waals surface area contributed by atoms with Gasteiger partial charge in [0.1, 0.15) is 4.32 Å². The molecule has 1 N–H and O–H groups in total. The van der Waals surface area contributed by atoms with E-state index in [4.69, 9.17) is 16.3 Å². The number of alkyl halides is 1. The van der Waals surface area contributed by atoms with Crippen molar-refractivity contribution in [2.45, 2.75) is 29.6 Å². The standard InChI is InChI=1S/C17H22BrClN2O2/c18-17(6-3-7-17)16(22)20-12-15(21-8-10-23-11-9-21)13-4-1-2-5-14(13)19/h1-2,4-5,15H,3,6-12H2,(H,20,22). The van der Waals surface area contributed by atoms with Crippen LogP contribution in [0.2, 0.25) is 5.02 Å². The summed E-state index contributed by atoms with van der Waals surface area (Å²) < 4.78 is 5.09. The van der Waals surface area contributed by atoms with Crippen LogP contribution in [0.15, 0.2) is 24.3 Å². The summed E-state index contributed by atoms with van der Waals surface area (Å²) in [6, 6.07) is 7.95. The van der Waals surface area contributed by atoms with E-state index in [9.17, 15) is 4.79 Å².